The maximum Gasteiger partial charge on any atom is 0.239 e. The summed E-state index contributed by atoms with van der Waals surface area (Å²) in [7, 11) is 0. The SMILES string of the molecule is [O-]c1c[n+](-c2ccc(C3=Nc4ccccc4SC(c4ccco4)C3)cc2)no1. The molecule has 138 valence electrons. The number of aromatic nitrogens is 2. The fourth-order valence-corrected chi connectivity index (χ4v) is 4.38. The van der Waals surface area contributed by atoms with Crippen molar-refractivity contribution < 1.29 is 18.7 Å². The second-order valence-electron chi connectivity index (χ2n) is 6.36. The summed E-state index contributed by atoms with van der Waals surface area (Å²) in [6, 6.07) is 19.8. The quantitative estimate of drug-likeness (QED) is 0.495. The lowest BCUT2D eigenvalue weighted by atomic mass is 10.0. The first-order chi connectivity index (χ1) is 13.8. The van der Waals surface area contributed by atoms with Gasteiger partial charge in [0.1, 0.15) is 11.7 Å². The van der Waals surface area contributed by atoms with Gasteiger partial charge in [-0.05, 0) is 46.6 Å². The molecule has 0 radical (unpaired) electrons. The molecule has 1 aliphatic heterocycles. The van der Waals surface area contributed by atoms with E-state index < -0.39 is 5.95 Å². The predicted molar refractivity (Wildman–Crippen MR) is 102 cm³/mol. The van der Waals surface area contributed by atoms with Crippen molar-refractivity contribution >= 4 is 23.2 Å². The molecule has 0 bridgehead atoms. The maximum absolute atomic E-state index is 11.2. The third kappa shape index (κ3) is 3.20. The van der Waals surface area contributed by atoms with Crippen LogP contribution < -0.4 is 9.79 Å². The van der Waals surface area contributed by atoms with E-state index in [0.717, 1.165) is 39.7 Å². The van der Waals surface area contributed by atoms with Crippen LogP contribution in [0.3, 0.4) is 0 Å². The van der Waals surface area contributed by atoms with E-state index in [1.165, 1.54) is 10.9 Å². The van der Waals surface area contributed by atoms with Gasteiger partial charge in [0.25, 0.3) is 0 Å². The fourth-order valence-electron chi connectivity index (χ4n) is 3.19. The monoisotopic (exact) mass is 389 g/mol. The van der Waals surface area contributed by atoms with E-state index in [-0.39, 0.29) is 5.25 Å². The molecule has 0 saturated heterocycles. The second kappa shape index (κ2) is 7.01. The highest BCUT2D eigenvalue weighted by molar-refractivity contribution is 7.99. The van der Waals surface area contributed by atoms with Crippen molar-refractivity contribution in [3.63, 3.8) is 0 Å². The van der Waals surface area contributed by atoms with E-state index in [1.54, 1.807) is 18.0 Å². The van der Waals surface area contributed by atoms with Crippen LogP contribution in [0.4, 0.5) is 5.69 Å². The number of aliphatic imine (C=N–C) groups is 1. The number of fused-ring (bicyclic) bond motifs is 1. The van der Waals surface area contributed by atoms with E-state index in [0.29, 0.717) is 0 Å². The van der Waals surface area contributed by atoms with E-state index in [4.69, 9.17) is 9.41 Å². The Hall–Kier alpha value is -3.32. The van der Waals surface area contributed by atoms with Crippen LogP contribution in [0.2, 0.25) is 0 Å². The van der Waals surface area contributed by atoms with Crippen molar-refractivity contribution in [1.82, 2.24) is 5.27 Å². The Bertz CT molecular complexity index is 1130. The summed E-state index contributed by atoms with van der Waals surface area (Å²) in [5.74, 6) is 0.458. The highest BCUT2D eigenvalue weighted by Gasteiger charge is 2.24. The lowest BCUT2D eigenvalue weighted by molar-refractivity contribution is -0.670. The summed E-state index contributed by atoms with van der Waals surface area (Å²) in [4.78, 5) is 6.08. The molecule has 1 atom stereocenters. The van der Waals surface area contributed by atoms with Gasteiger partial charge in [-0.15, -0.1) is 11.8 Å². The number of para-hydroxylation sites is 1. The van der Waals surface area contributed by atoms with Crippen LogP contribution in [0.15, 0.2) is 92.0 Å². The smallest absolute Gasteiger partial charge is 0.239 e. The normalized spacial score (nSPS) is 16.3. The molecule has 28 heavy (non-hydrogen) atoms. The van der Waals surface area contributed by atoms with Gasteiger partial charge < -0.3 is 14.0 Å². The minimum atomic E-state index is -0.479. The molecule has 3 heterocycles. The van der Waals surface area contributed by atoms with Crippen LogP contribution in [0.5, 0.6) is 5.95 Å². The third-order valence-corrected chi connectivity index (χ3v) is 5.82. The molecule has 1 unspecified atom stereocenters. The first kappa shape index (κ1) is 16.8. The Morgan fingerprint density at radius 1 is 1.04 bits per heavy atom. The van der Waals surface area contributed by atoms with Gasteiger partial charge in [0.2, 0.25) is 11.9 Å². The standard InChI is InChI=1S/C21H15N3O3S/c25-21-13-24(23-27-21)15-9-7-14(8-10-15)17-12-20(18-5-3-11-26-18)28-19-6-2-1-4-16(19)22-17/h1-11,13,20H,12H2. The van der Waals surface area contributed by atoms with Crippen molar-refractivity contribution in [2.45, 2.75) is 16.6 Å². The lowest BCUT2D eigenvalue weighted by Gasteiger charge is -2.13. The number of furan rings is 1. The molecule has 0 amide bonds. The average Bonchev–Trinajstić information content (AvgIpc) is 3.36. The first-order valence-corrected chi connectivity index (χ1v) is 9.67. The van der Waals surface area contributed by atoms with Crippen LogP contribution >= 0.6 is 11.8 Å². The molecule has 0 saturated carbocycles. The summed E-state index contributed by atoms with van der Waals surface area (Å²) in [6.45, 7) is 0. The van der Waals surface area contributed by atoms with Gasteiger partial charge >= 0.3 is 0 Å². The van der Waals surface area contributed by atoms with Crippen molar-refractivity contribution in [2.75, 3.05) is 0 Å². The molecule has 7 heteroatoms. The third-order valence-electron chi connectivity index (χ3n) is 4.54. The topological polar surface area (TPSA) is 78.5 Å². The highest BCUT2D eigenvalue weighted by atomic mass is 32.2. The largest absolute Gasteiger partial charge is 0.539 e. The highest BCUT2D eigenvalue weighted by Crippen LogP contribution is 2.45. The minimum Gasteiger partial charge on any atom is -0.539 e. The summed E-state index contributed by atoms with van der Waals surface area (Å²) in [5, 5.41) is 15.0. The van der Waals surface area contributed by atoms with Crippen LogP contribution in [0.25, 0.3) is 5.69 Å². The van der Waals surface area contributed by atoms with Crippen LogP contribution in [-0.2, 0) is 0 Å². The second-order valence-corrected chi connectivity index (χ2v) is 7.61. The molecule has 6 nitrogen and oxygen atoms in total. The van der Waals surface area contributed by atoms with Crippen molar-refractivity contribution in [2.24, 2.45) is 4.99 Å². The maximum atomic E-state index is 11.2. The van der Waals surface area contributed by atoms with Gasteiger partial charge in [0, 0.05) is 29.2 Å². The number of benzene rings is 2. The van der Waals surface area contributed by atoms with Crippen molar-refractivity contribution in [3.05, 3.63) is 84.4 Å². The van der Waals surface area contributed by atoms with Gasteiger partial charge in [0.15, 0.2) is 0 Å². The molecular formula is C21H15N3O3S. The van der Waals surface area contributed by atoms with Gasteiger partial charge in [0.05, 0.1) is 22.5 Å². The average molecular weight is 389 g/mol. The van der Waals surface area contributed by atoms with Crippen molar-refractivity contribution in [1.29, 1.82) is 0 Å². The summed E-state index contributed by atoms with van der Waals surface area (Å²) in [5.41, 5.74) is 3.72. The van der Waals surface area contributed by atoms with Gasteiger partial charge in [-0.2, -0.15) is 0 Å². The number of hydrogen-bond donors (Lipinski definition) is 0. The number of thioether (sulfide) groups is 1. The number of rotatable bonds is 3. The van der Waals surface area contributed by atoms with Gasteiger partial charge in [-0.1, -0.05) is 12.1 Å². The van der Waals surface area contributed by atoms with Crippen LogP contribution in [-0.4, -0.2) is 11.0 Å². The van der Waals surface area contributed by atoms with Crippen LogP contribution in [0.1, 0.15) is 23.0 Å². The summed E-state index contributed by atoms with van der Waals surface area (Å²) >= 11 is 1.77. The lowest BCUT2D eigenvalue weighted by Crippen LogP contribution is -2.31. The molecule has 1 aliphatic rings. The molecular weight excluding hydrogens is 374 g/mol. The van der Waals surface area contributed by atoms with E-state index >= 15 is 0 Å². The Morgan fingerprint density at radius 3 is 2.64 bits per heavy atom. The Balaban J connectivity index is 1.53. The van der Waals surface area contributed by atoms with Gasteiger partial charge in [-0.3, -0.25) is 4.99 Å². The molecule has 2 aromatic carbocycles. The Kier molecular flexibility index (Phi) is 4.21. The summed E-state index contributed by atoms with van der Waals surface area (Å²) in [6.07, 6.45) is 3.75. The molecule has 5 rings (SSSR count). The molecule has 4 aromatic rings. The zero-order valence-electron chi connectivity index (χ0n) is 14.7. The summed E-state index contributed by atoms with van der Waals surface area (Å²) < 4.78 is 11.7. The molecule has 0 aliphatic carbocycles. The number of nitrogens with zero attached hydrogens (tertiary/aromatic N) is 3. The first-order valence-electron chi connectivity index (χ1n) is 8.79. The van der Waals surface area contributed by atoms with E-state index in [2.05, 4.69) is 15.9 Å². The molecule has 0 fully saturated rings. The van der Waals surface area contributed by atoms with Gasteiger partial charge in [-0.25, -0.2) is 0 Å². The number of hydrogen-bond acceptors (Lipinski definition) is 6. The van der Waals surface area contributed by atoms with E-state index in [1.807, 2.05) is 54.6 Å². The van der Waals surface area contributed by atoms with Crippen LogP contribution in [0, 0.1) is 0 Å². The minimum absolute atomic E-state index is 0.144. The van der Waals surface area contributed by atoms with E-state index in [9.17, 15) is 5.11 Å². The zero-order valence-corrected chi connectivity index (χ0v) is 15.5. The Labute approximate surface area is 165 Å². The predicted octanol–water partition coefficient (Wildman–Crippen LogP) is 3.98. The Morgan fingerprint density at radius 2 is 1.89 bits per heavy atom. The molecule has 2 aromatic heterocycles. The molecule has 0 N–H and O–H groups in total. The zero-order chi connectivity index (χ0) is 18.9. The fraction of sp³-hybridized carbons (Fsp3) is 0.0952. The molecule has 0 spiro atoms. The van der Waals surface area contributed by atoms with Crippen molar-refractivity contribution in [3.8, 4) is 11.6 Å².